The van der Waals surface area contributed by atoms with Crippen LogP contribution >= 0.6 is 0 Å². The monoisotopic (exact) mass is 503 g/mol. The summed E-state index contributed by atoms with van der Waals surface area (Å²) in [5.74, 6) is 1.07. The third-order valence-electron chi connectivity index (χ3n) is 6.07. The van der Waals surface area contributed by atoms with Crippen molar-refractivity contribution in [3.05, 3.63) is 36.3 Å². The summed E-state index contributed by atoms with van der Waals surface area (Å²) in [4.78, 5) is 16.0. The third-order valence-corrected chi connectivity index (χ3v) is 7.71. The van der Waals surface area contributed by atoms with E-state index in [2.05, 4.69) is 35.6 Å². The molecule has 1 saturated heterocycles. The average Bonchev–Trinajstić information content (AvgIpc) is 3.18. The van der Waals surface area contributed by atoms with Crippen molar-refractivity contribution in [2.45, 2.75) is 44.4 Å². The van der Waals surface area contributed by atoms with Crippen molar-refractivity contribution in [2.75, 3.05) is 37.5 Å². The fraction of sp³-hybridized carbons (Fsp3) is 0.522. The molecule has 1 aliphatic heterocycles. The van der Waals surface area contributed by atoms with Gasteiger partial charge in [0.05, 0.1) is 48.1 Å². The minimum atomic E-state index is -3.24. The number of benzene rings is 1. The van der Waals surface area contributed by atoms with Gasteiger partial charge in [-0.15, -0.1) is 0 Å². The zero-order chi connectivity index (χ0) is 24.5. The molecule has 184 valence electrons. The molecule has 3 heterocycles. The van der Waals surface area contributed by atoms with Crippen LogP contribution in [0.5, 0.6) is 0 Å². The van der Waals surface area contributed by atoms with Gasteiger partial charge in [-0.25, -0.2) is 23.4 Å². The highest BCUT2D eigenvalue weighted by atomic mass is 32.2. The molecule has 9 nitrogen and oxygen atoms in total. The molecule has 0 radical (unpaired) electrons. The molecule has 0 spiro atoms. The predicted molar refractivity (Wildman–Crippen MR) is 137 cm³/mol. The second kappa shape index (κ2) is 9.72. The fourth-order valence-corrected chi connectivity index (χ4v) is 4.51. The number of hydrogen-bond acceptors (Lipinski definition) is 8. The van der Waals surface area contributed by atoms with Crippen LogP contribution in [0, 0.1) is 0 Å². The Morgan fingerprint density at radius 3 is 2.62 bits per heavy atom. The first kappa shape index (κ1) is 24.8. The molecule has 1 atom stereocenters. The van der Waals surface area contributed by atoms with Crippen LogP contribution in [-0.4, -0.2) is 76.8 Å². The molecule has 1 aliphatic rings. The molecular formula is C23H33N5O4SSi. The molecule has 4 rings (SSSR count). The average molecular weight is 504 g/mol. The van der Waals surface area contributed by atoms with Gasteiger partial charge in [-0.2, -0.15) is 0 Å². The summed E-state index contributed by atoms with van der Waals surface area (Å²) in [6.45, 7) is 9.60. The number of imidazole rings is 1. The molecule has 34 heavy (non-hydrogen) atoms. The fourth-order valence-electron chi connectivity index (χ4n) is 3.66. The summed E-state index contributed by atoms with van der Waals surface area (Å²) in [5, 5.41) is 0.191. The van der Waals surface area contributed by atoms with Crippen molar-refractivity contribution >= 4 is 36.9 Å². The Labute approximate surface area is 203 Å². The van der Waals surface area contributed by atoms with Gasteiger partial charge in [-0.3, -0.25) is 0 Å². The first-order chi connectivity index (χ1) is 16.0. The van der Waals surface area contributed by atoms with Gasteiger partial charge in [0, 0.05) is 41.2 Å². The predicted octanol–water partition coefficient (Wildman–Crippen LogP) is 1.80. The van der Waals surface area contributed by atoms with Gasteiger partial charge >= 0.3 is 0 Å². The minimum Gasteiger partial charge on any atom is -0.378 e. The second-order valence-electron chi connectivity index (χ2n) is 9.93. The number of nitrogens with zero attached hydrogens (tertiary/aromatic N) is 5. The summed E-state index contributed by atoms with van der Waals surface area (Å²) in [5.41, 5.74) is 3.04. The Bertz CT molecular complexity index is 1270. The normalized spacial score (nSPS) is 16.3. The number of hydrogen-bond donors (Lipinski definition) is 0. The van der Waals surface area contributed by atoms with E-state index in [4.69, 9.17) is 14.5 Å². The van der Waals surface area contributed by atoms with E-state index >= 15 is 0 Å². The standard InChI is InChI=1S/C23H33N5O4SSi/c1-16(23(2,3)34)32-15-28-14-24-19-11-17(5-6-20(19)28)22-25-18(13-33(4,29)30)12-21(26-22)27-7-9-31-10-8-27/h5-6,11-12,14,16H,7-10,13,15H2,1-4,34H3. The lowest BCUT2D eigenvalue weighted by Crippen LogP contribution is -2.37. The molecule has 2 aromatic heterocycles. The van der Waals surface area contributed by atoms with Crippen molar-refractivity contribution in [2.24, 2.45) is 0 Å². The Morgan fingerprint density at radius 2 is 1.94 bits per heavy atom. The number of sulfone groups is 1. The molecular weight excluding hydrogens is 470 g/mol. The molecule has 1 aromatic carbocycles. The first-order valence-electron chi connectivity index (χ1n) is 11.4. The molecule has 1 unspecified atom stereocenters. The first-order valence-corrected chi connectivity index (χ1v) is 14.5. The van der Waals surface area contributed by atoms with Crippen LogP contribution in [0.4, 0.5) is 5.82 Å². The summed E-state index contributed by atoms with van der Waals surface area (Å²) in [6.07, 6.45) is 3.15. The molecule has 0 amide bonds. The Hall–Kier alpha value is -2.34. The van der Waals surface area contributed by atoms with Crippen molar-refractivity contribution < 1.29 is 17.9 Å². The zero-order valence-corrected chi connectivity index (χ0v) is 23.3. The molecule has 0 aliphatic carbocycles. The minimum absolute atomic E-state index is 0.136. The van der Waals surface area contributed by atoms with Crippen LogP contribution in [0.1, 0.15) is 26.5 Å². The largest absolute Gasteiger partial charge is 0.378 e. The number of ether oxygens (including phenoxy) is 2. The van der Waals surface area contributed by atoms with Crippen LogP contribution in [0.3, 0.4) is 0 Å². The summed E-state index contributed by atoms with van der Waals surface area (Å²) < 4.78 is 37.5. The summed E-state index contributed by atoms with van der Waals surface area (Å²) >= 11 is 0. The highest BCUT2D eigenvalue weighted by Crippen LogP contribution is 2.28. The van der Waals surface area contributed by atoms with E-state index in [1.165, 1.54) is 6.26 Å². The Balaban J connectivity index is 1.65. The van der Waals surface area contributed by atoms with Crippen LogP contribution < -0.4 is 4.90 Å². The van der Waals surface area contributed by atoms with Gasteiger partial charge in [-0.1, -0.05) is 13.8 Å². The van der Waals surface area contributed by atoms with Crippen molar-refractivity contribution in [1.82, 2.24) is 19.5 Å². The zero-order valence-electron chi connectivity index (χ0n) is 20.5. The Kier molecular flexibility index (Phi) is 7.08. The highest BCUT2D eigenvalue weighted by molar-refractivity contribution is 7.89. The van der Waals surface area contributed by atoms with E-state index in [1.54, 1.807) is 12.4 Å². The maximum absolute atomic E-state index is 12.0. The SMILES string of the molecule is CC(OCn1cnc2cc(-c3nc(CS(C)(=O)=O)cc(N4CCOCC4)n3)ccc21)C(C)(C)[SiH3]. The number of anilines is 1. The number of fused-ring (bicyclic) bond motifs is 1. The van der Waals surface area contributed by atoms with E-state index in [1.807, 2.05) is 22.8 Å². The van der Waals surface area contributed by atoms with E-state index in [0.717, 1.165) is 26.8 Å². The van der Waals surface area contributed by atoms with Gasteiger partial charge in [-0.05, 0) is 30.2 Å². The summed E-state index contributed by atoms with van der Waals surface area (Å²) in [7, 11) is -2.19. The van der Waals surface area contributed by atoms with Crippen LogP contribution in [0.15, 0.2) is 30.6 Å². The van der Waals surface area contributed by atoms with Crippen LogP contribution in [0.2, 0.25) is 5.04 Å². The molecule has 0 saturated carbocycles. The smallest absolute Gasteiger partial charge is 0.161 e. The van der Waals surface area contributed by atoms with Crippen LogP contribution in [0.25, 0.3) is 22.4 Å². The van der Waals surface area contributed by atoms with Crippen molar-refractivity contribution in [3.8, 4) is 11.4 Å². The number of rotatable bonds is 8. The van der Waals surface area contributed by atoms with E-state index < -0.39 is 9.84 Å². The molecule has 1 fully saturated rings. The molecule has 0 bridgehead atoms. The van der Waals surface area contributed by atoms with Crippen molar-refractivity contribution in [3.63, 3.8) is 0 Å². The molecule has 0 N–H and O–H groups in total. The van der Waals surface area contributed by atoms with Crippen molar-refractivity contribution in [1.29, 1.82) is 0 Å². The van der Waals surface area contributed by atoms with E-state index in [0.29, 0.717) is 50.4 Å². The van der Waals surface area contributed by atoms with E-state index in [-0.39, 0.29) is 16.9 Å². The maximum Gasteiger partial charge on any atom is 0.161 e. The Morgan fingerprint density at radius 1 is 1.21 bits per heavy atom. The van der Waals surface area contributed by atoms with Gasteiger partial charge in [0.1, 0.15) is 12.5 Å². The third kappa shape index (κ3) is 6.01. The quantitative estimate of drug-likeness (QED) is 0.429. The highest BCUT2D eigenvalue weighted by Gasteiger charge is 2.21. The number of morpholine rings is 1. The lowest BCUT2D eigenvalue weighted by atomic mass is 10.1. The van der Waals surface area contributed by atoms with E-state index in [9.17, 15) is 8.42 Å². The van der Waals surface area contributed by atoms with Gasteiger partial charge in [0.25, 0.3) is 0 Å². The molecule has 3 aromatic rings. The number of aromatic nitrogens is 4. The maximum atomic E-state index is 12.0. The summed E-state index contributed by atoms with van der Waals surface area (Å²) in [6, 6.07) is 7.64. The topological polar surface area (TPSA) is 99.4 Å². The van der Waals surface area contributed by atoms with Crippen LogP contribution in [-0.2, 0) is 31.8 Å². The molecule has 11 heteroatoms. The lowest BCUT2D eigenvalue weighted by molar-refractivity contribution is -0.000312. The van der Waals surface area contributed by atoms with Gasteiger partial charge < -0.3 is 18.9 Å². The van der Waals surface area contributed by atoms with Gasteiger partial charge in [0.15, 0.2) is 15.7 Å². The second-order valence-corrected chi connectivity index (χ2v) is 14.6. The lowest BCUT2D eigenvalue weighted by Gasteiger charge is -2.28. The van der Waals surface area contributed by atoms with Gasteiger partial charge in [0.2, 0.25) is 0 Å².